The van der Waals surface area contributed by atoms with Crippen molar-refractivity contribution < 1.29 is 37.0 Å². The minimum Gasteiger partial charge on any atom is -0.497 e. The van der Waals surface area contributed by atoms with Crippen molar-refractivity contribution in [2.75, 3.05) is 39.9 Å². The summed E-state index contributed by atoms with van der Waals surface area (Å²) in [7, 11) is 1.48. The molecule has 5 rings (SSSR count). The van der Waals surface area contributed by atoms with Crippen molar-refractivity contribution in [3.8, 4) is 17.0 Å². The number of ketones is 1. The van der Waals surface area contributed by atoms with Crippen molar-refractivity contribution >= 4 is 17.3 Å². The average molecular weight is 600 g/mol. The number of fused-ring (bicyclic) bond motifs is 1. The Morgan fingerprint density at radius 2 is 1.74 bits per heavy atom. The molecule has 1 fully saturated rings. The first kappa shape index (κ1) is 30.1. The van der Waals surface area contributed by atoms with Gasteiger partial charge in [-0.1, -0.05) is 0 Å². The van der Waals surface area contributed by atoms with E-state index < -0.39 is 36.2 Å². The number of hydrogen-bond donors (Lipinski definition) is 1. The summed E-state index contributed by atoms with van der Waals surface area (Å²) in [5.41, 5.74) is -0.544. The lowest BCUT2D eigenvalue weighted by atomic mass is 10.00. The molecular formula is C30H29F4N5O4. The highest BCUT2D eigenvalue weighted by molar-refractivity contribution is 6.00. The molecule has 43 heavy (non-hydrogen) atoms. The topological polar surface area (TPSA) is 100 Å². The third-order valence-corrected chi connectivity index (χ3v) is 7.72. The van der Waals surface area contributed by atoms with Crippen molar-refractivity contribution in [1.82, 2.24) is 24.4 Å². The van der Waals surface area contributed by atoms with Gasteiger partial charge >= 0.3 is 6.18 Å². The Bertz CT molecular complexity index is 1680. The van der Waals surface area contributed by atoms with E-state index >= 15 is 0 Å². The number of Topliss-reactive ketones (excluding diaryl/α,β-unsaturated/α-hetero) is 1. The lowest BCUT2D eigenvalue weighted by Gasteiger charge is -2.39. The Labute approximate surface area is 244 Å². The molecule has 0 radical (unpaired) electrons. The van der Waals surface area contributed by atoms with Gasteiger partial charge in [0.15, 0.2) is 17.1 Å². The summed E-state index contributed by atoms with van der Waals surface area (Å²) in [6, 6.07) is 9.63. The number of carbonyl (C=O) groups is 2. The Balaban J connectivity index is 1.44. The zero-order chi connectivity index (χ0) is 31.1. The molecule has 0 aliphatic carbocycles. The van der Waals surface area contributed by atoms with E-state index in [-0.39, 0.29) is 60.0 Å². The number of amides is 1. The number of carbonyl (C=O) groups excluding carboxylic acids is 2. The van der Waals surface area contributed by atoms with Gasteiger partial charge in [-0.25, -0.2) is 13.9 Å². The number of alkyl halides is 3. The molecule has 1 saturated heterocycles. The fourth-order valence-electron chi connectivity index (χ4n) is 5.42. The maximum atomic E-state index is 14.7. The molecule has 1 amide bonds. The summed E-state index contributed by atoms with van der Waals surface area (Å²) in [6.07, 6.45) is -3.69. The van der Waals surface area contributed by atoms with Gasteiger partial charge in [0, 0.05) is 48.4 Å². The molecule has 4 aromatic rings. The van der Waals surface area contributed by atoms with E-state index in [4.69, 9.17) is 4.74 Å². The highest BCUT2D eigenvalue weighted by Gasteiger charge is 2.39. The van der Waals surface area contributed by atoms with Crippen LogP contribution in [0.2, 0.25) is 0 Å². The molecule has 13 heteroatoms. The largest absolute Gasteiger partial charge is 0.497 e. The van der Waals surface area contributed by atoms with Gasteiger partial charge in [0.1, 0.15) is 17.1 Å². The molecule has 1 aliphatic heterocycles. The van der Waals surface area contributed by atoms with E-state index in [0.29, 0.717) is 21.4 Å². The molecule has 1 N–H and O–H groups in total. The molecular weight excluding hydrogens is 570 g/mol. The summed E-state index contributed by atoms with van der Waals surface area (Å²) < 4.78 is 63.3. The van der Waals surface area contributed by atoms with Gasteiger partial charge in [0.25, 0.3) is 5.91 Å². The fourth-order valence-corrected chi connectivity index (χ4v) is 5.42. The van der Waals surface area contributed by atoms with E-state index in [0.717, 1.165) is 6.20 Å². The number of methoxy groups -OCH3 is 1. The number of aliphatic hydroxyl groups excluding tert-OH is 1. The van der Waals surface area contributed by atoms with Crippen LogP contribution in [0.25, 0.3) is 16.9 Å². The Hall–Kier alpha value is -4.36. The predicted molar refractivity (Wildman–Crippen MR) is 148 cm³/mol. The van der Waals surface area contributed by atoms with Crippen molar-refractivity contribution in [3.63, 3.8) is 0 Å². The van der Waals surface area contributed by atoms with E-state index in [1.165, 1.54) is 44.1 Å². The summed E-state index contributed by atoms with van der Waals surface area (Å²) in [5.74, 6) is -0.835. The number of piperazine rings is 1. The maximum absolute atomic E-state index is 14.7. The average Bonchev–Trinajstić information content (AvgIpc) is 3.40. The van der Waals surface area contributed by atoms with Gasteiger partial charge in [0.2, 0.25) is 0 Å². The lowest BCUT2D eigenvalue weighted by molar-refractivity contribution is -0.143. The van der Waals surface area contributed by atoms with Crippen LogP contribution in [-0.4, -0.2) is 81.1 Å². The molecule has 226 valence electrons. The van der Waals surface area contributed by atoms with Crippen LogP contribution in [0.3, 0.4) is 0 Å². The molecule has 1 aliphatic rings. The molecule has 0 saturated carbocycles. The zero-order valence-corrected chi connectivity index (χ0v) is 23.7. The number of aromatic nitrogens is 3. The van der Waals surface area contributed by atoms with Crippen LogP contribution in [-0.2, 0) is 6.18 Å². The molecule has 0 bridgehead atoms. The fraction of sp³-hybridized carbons (Fsp3) is 0.333. The van der Waals surface area contributed by atoms with Crippen LogP contribution >= 0.6 is 0 Å². The number of nitrogens with zero attached hydrogens (tertiary/aromatic N) is 5. The monoisotopic (exact) mass is 599 g/mol. The number of benzene rings is 2. The highest BCUT2D eigenvalue weighted by Crippen LogP contribution is 2.37. The number of aliphatic hydroxyl groups is 1. The second kappa shape index (κ2) is 11.7. The van der Waals surface area contributed by atoms with Gasteiger partial charge in [-0.15, -0.1) is 0 Å². The van der Waals surface area contributed by atoms with Crippen LogP contribution in [0.15, 0.2) is 48.7 Å². The van der Waals surface area contributed by atoms with Gasteiger partial charge in [-0.3, -0.25) is 14.5 Å². The second-order valence-electron chi connectivity index (χ2n) is 10.3. The quantitative estimate of drug-likeness (QED) is 0.246. The summed E-state index contributed by atoms with van der Waals surface area (Å²) in [6.45, 7) is 3.06. The third kappa shape index (κ3) is 5.69. The van der Waals surface area contributed by atoms with Crippen LogP contribution in [0.5, 0.6) is 5.75 Å². The Morgan fingerprint density at radius 1 is 1.07 bits per heavy atom. The first-order valence-electron chi connectivity index (χ1n) is 13.5. The van der Waals surface area contributed by atoms with E-state index in [2.05, 4.69) is 10.1 Å². The molecule has 2 aromatic heterocycles. The van der Waals surface area contributed by atoms with Crippen LogP contribution < -0.4 is 4.74 Å². The number of halogens is 4. The van der Waals surface area contributed by atoms with Gasteiger partial charge in [-0.2, -0.15) is 18.3 Å². The highest BCUT2D eigenvalue weighted by atomic mass is 19.4. The number of hydrogen-bond acceptors (Lipinski definition) is 7. The van der Waals surface area contributed by atoms with Crippen molar-refractivity contribution in [1.29, 1.82) is 0 Å². The van der Waals surface area contributed by atoms with Crippen molar-refractivity contribution in [3.05, 3.63) is 82.4 Å². The third-order valence-electron chi connectivity index (χ3n) is 7.72. The lowest BCUT2D eigenvalue weighted by Crippen LogP contribution is -2.50. The molecule has 0 unspecified atom stereocenters. The van der Waals surface area contributed by atoms with Gasteiger partial charge in [-0.05, 0) is 56.3 Å². The first-order chi connectivity index (χ1) is 20.4. The molecule has 3 heterocycles. The molecule has 1 atom stereocenters. The Kier molecular flexibility index (Phi) is 8.21. The minimum absolute atomic E-state index is 0.0578. The standard InChI is InChI=1S/C30H29F4N5O4/c1-17-26(19-4-7-21(43-3)8-5-19)36-28-23(15-35-39(28)27(17)30(32,33)34)29(42)38-12-10-37(11-13-38)25(16-40)22-14-20(18(2)41)6-9-24(22)31/h4-9,14-15,25,40H,10-13,16H2,1-3H3/t25-/m1/s1. The van der Waals surface area contributed by atoms with Crippen molar-refractivity contribution in [2.45, 2.75) is 26.1 Å². The molecule has 9 nitrogen and oxygen atoms in total. The minimum atomic E-state index is -4.78. The predicted octanol–water partition coefficient (Wildman–Crippen LogP) is 4.57. The van der Waals surface area contributed by atoms with Gasteiger partial charge < -0.3 is 14.7 Å². The normalized spacial score (nSPS) is 15.1. The summed E-state index contributed by atoms with van der Waals surface area (Å²) in [4.78, 5) is 33.2. The number of rotatable bonds is 7. The maximum Gasteiger partial charge on any atom is 0.433 e. The Morgan fingerprint density at radius 3 is 2.33 bits per heavy atom. The van der Waals surface area contributed by atoms with Crippen molar-refractivity contribution in [2.24, 2.45) is 0 Å². The molecule has 2 aromatic carbocycles. The van der Waals surface area contributed by atoms with E-state index in [1.807, 2.05) is 0 Å². The zero-order valence-electron chi connectivity index (χ0n) is 23.7. The molecule has 0 spiro atoms. The van der Waals surface area contributed by atoms with Gasteiger partial charge in [0.05, 0.1) is 31.6 Å². The van der Waals surface area contributed by atoms with E-state index in [1.54, 1.807) is 29.2 Å². The first-order valence-corrected chi connectivity index (χ1v) is 13.5. The smallest absolute Gasteiger partial charge is 0.433 e. The number of ether oxygens (including phenoxy) is 1. The summed E-state index contributed by atoms with van der Waals surface area (Å²) >= 11 is 0. The summed E-state index contributed by atoms with van der Waals surface area (Å²) in [5, 5.41) is 14.0. The van der Waals surface area contributed by atoms with Crippen LogP contribution in [0.1, 0.15) is 50.5 Å². The SMILES string of the molecule is COc1ccc(-c2nc3c(C(=O)N4CCN([C@H](CO)c5cc(C(C)=O)ccc5F)CC4)cnn3c(C(F)(F)F)c2C)cc1. The van der Waals surface area contributed by atoms with Crippen LogP contribution in [0, 0.1) is 12.7 Å². The van der Waals surface area contributed by atoms with E-state index in [9.17, 15) is 32.3 Å². The van der Waals surface area contributed by atoms with Crippen LogP contribution in [0.4, 0.5) is 17.6 Å². The second-order valence-corrected chi connectivity index (χ2v) is 10.3.